The summed E-state index contributed by atoms with van der Waals surface area (Å²) in [6, 6.07) is 21.1. The summed E-state index contributed by atoms with van der Waals surface area (Å²) in [7, 11) is 0. The van der Waals surface area contributed by atoms with Crippen LogP contribution in [0.2, 0.25) is 5.02 Å². The molecule has 0 fully saturated rings. The van der Waals surface area contributed by atoms with Crippen LogP contribution in [0, 0.1) is 13.8 Å². The summed E-state index contributed by atoms with van der Waals surface area (Å²) < 4.78 is 5.91. The van der Waals surface area contributed by atoms with Crippen LogP contribution in [0.25, 0.3) is 0 Å². The van der Waals surface area contributed by atoms with Gasteiger partial charge in [-0.25, -0.2) is 0 Å². The molecule has 1 N–H and O–H groups in total. The molecule has 3 rings (SSSR count). The first kappa shape index (κ1) is 20.0. The van der Waals surface area contributed by atoms with E-state index in [1.807, 2.05) is 51.1 Å². The van der Waals surface area contributed by atoms with Crippen molar-refractivity contribution in [3.63, 3.8) is 0 Å². The van der Waals surface area contributed by atoms with E-state index in [0.717, 1.165) is 22.3 Å². The first-order chi connectivity index (χ1) is 13.4. The fraction of sp³-hybridized carbons (Fsp3) is 0.208. The maximum absolute atomic E-state index is 13.0. The zero-order valence-electron chi connectivity index (χ0n) is 16.3. The second-order valence-corrected chi connectivity index (χ2v) is 7.41. The third-order valence-electron chi connectivity index (χ3n) is 4.67. The topological polar surface area (TPSA) is 38.3 Å². The summed E-state index contributed by atoms with van der Waals surface area (Å²) in [4.78, 5) is 13.0. The van der Waals surface area contributed by atoms with Crippen molar-refractivity contribution in [1.29, 1.82) is 0 Å². The Morgan fingerprint density at radius 3 is 2.54 bits per heavy atom. The summed E-state index contributed by atoms with van der Waals surface area (Å²) >= 11 is 6.14. The van der Waals surface area contributed by atoms with E-state index >= 15 is 0 Å². The first-order valence-corrected chi connectivity index (χ1v) is 9.66. The third kappa shape index (κ3) is 4.93. The molecule has 0 heterocycles. The molecule has 1 amide bonds. The fourth-order valence-electron chi connectivity index (χ4n) is 3.12. The van der Waals surface area contributed by atoms with Crippen molar-refractivity contribution in [3.8, 4) is 5.75 Å². The monoisotopic (exact) mass is 393 g/mol. The minimum absolute atomic E-state index is 0.131. The average molecular weight is 394 g/mol. The van der Waals surface area contributed by atoms with Crippen LogP contribution >= 0.6 is 11.6 Å². The zero-order valence-corrected chi connectivity index (χ0v) is 17.1. The highest BCUT2D eigenvalue weighted by Crippen LogP contribution is 2.26. The lowest BCUT2D eigenvalue weighted by Crippen LogP contribution is -2.27. The molecule has 144 valence electrons. The van der Waals surface area contributed by atoms with Gasteiger partial charge in [0.2, 0.25) is 0 Å². The number of carbonyl (C=O) groups is 1. The first-order valence-electron chi connectivity index (χ1n) is 9.28. The minimum atomic E-state index is -0.209. The highest BCUT2D eigenvalue weighted by atomic mass is 35.5. The Balaban J connectivity index is 1.78. The molecule has 0 aliphatic carbocycles. The van der Waals surface area contributed by atoms with Crippen LogP contribution in [-0.2, 0) is 6.61 Å². The van der Waals surface area contributed by atoms with Crippen molar-refractivity contribution < 1.29 is 9.53 Å². The number of rotatable bonds is 6. The van der Waals surface area contributed by atoms with Crippen molar-refractivity contribution in [2.24, 2.45) is 0 Å². The van der Waals surface area contributed by atoms with Crippen LogP contribution in [0.4, 0.5) is 0 Å². The van der Waals surface area contributed by atoms with Gasteiger partial charge in [0, 0.05) is 5.02 Å². The molecule has 0 radical (unpaired) electrons. The summed E-state index contributed by atoms with van der Waals surface area (Å²) in [5.74, 6) is 0.304. The van der Waals surface area contributed by atoms with Gasteiger partial charge in [-0.15, -0.1) is 0 Å². The Morgan fingerprint density at radius 2 is 1.79 bits per heavy atom. The van der Waals surface area contributed by atoms with E-state index in [1.54, 1.807) is 18.2 Å². The molecule has 1 atom stereocenters. The number of ether oxygens (including phenoxy) is 1. The quantitative estimate of drug-likeness (QED) is 0.555. The average Bonchev–Trinajstić information content (AvgIpc) is 2.69. The summed E-state index contributed by atoms with van der Waals surface area (Å²) in [5.41, 5.74) is 4.87. The van der Waals surface area contributed by atoms with Gasteiger partial charge in [0.05, 0.1) is 11.6 Å². The Kier molecular flexibility index (Phi) is 6.37. The Labute approximate surface area is 171 Å². The van der Waals surface area contributed by atoms with E-state index in [1.165, 1.54) is 0 Å². The Hall–Kier alpha value is -2.78. The summed E-state index contributed by atoms with van der Waals surface area (Å²) in [6.45, 7) is 6.46. The highest BCUT2D eigenvalue weighted by Gasteiger charge is 2.18. The molecule has 0 unspecified atom stereocenters. The van der Waals surface area contributed by atoms with Gasteiger partial charge < -0.3 is 10.1 Å². The minimum Gasteiger partial charge on any atom is -0.488 e. The van der Waals surface area contributed by atoms with E-state index in [4.69, 9.17) is 16.3 Å². The van der Waals surface area contributed by atoms with Crippen molar-refractivity contribution in [2.75, 3.05) is 0 Å². The van der Waals surface area contributed by atoms with Crippen molar-refractivity contribution >= 4 is 17.5 Å². The lowest BCUT2D eigenvalue weighted by molar-refractivity contribution is 0.0935. The van der Waals surface area contributed by atoms with E-state index in [0.29, 0.717) is 22.9 Å². The number of nitrogens with one attached hydrogen (secondary N) is 1. The number of hydrogen-bond acceptors (Lipinski definition) is 2. The number of benzene rings is 3. The Morgan fingerprint density at radius 1 is 1.04 bits per heavy atom. The van der Waals surface area contributed by atoms with Crippen LogP contribution in [-0.4, -0.2) is 5.91 Å². The summed E-state index contributed by atoms with van der Waals surface area (Å²) in [5, 5.41) is 3.57. The van der Waals surface area contributed by atoms with Crippen molar-refractivity contribution in [3.05, 3.63) is 99.6 Å². The molecule has 0 aliphatic rings. The molecule has 0 aliphatic heterocycles. The molecular weight excluding hydrogens is 370 g/mol. The third-order valence-corrected chi connectivity index (χ3v) is 4.91. The van der Waals surface area contributed by atoms with Gasteiger partial charge >= 0.3 is 0 Å². The molecule has 3 aromatic rings. The highest BCUT2D eigenvalue weighted by molar-refractivity contribution is 6.31. The van der Waals surface area contributed by atoms with Gasteiger partial charge in [-0.2, -0.15) is 0 Å². The SMILES string of the molecule is Cc1ccc(C)c([C@@H](C)NC(=O)c2cc(Cl)ccc2OCc2ccccc2)c1. The number of carbonyl (C=O) groups excluding carboxylic acids is 1. The number of hydrogen-bond donors (Lipinski definition) is 1. The molecule has 0 saturated carbocycles. The second kappa shape index (κ2) is 8.94. The van der Waals surface area contributed by atoms with Crippen LogP contribution < -0.4 is 10.1 Å². The van der Waals surface area contributed by atoms with Crippen LogP contribution in [0.15, 0.2) is 66.7 Å². The van der Waals surface area contributed by atoms with E-state index in [9.17, 15) is 4.79 Å². The molecule has 3 nitrogen and oxygen atoms in total. The van der Waals surface area contributed by atoms with E-state index in [-0.39, 0.29) is 11.9 Å². The molecular formula is C24H24ClNO2. The molecule has 0 saturated heterocycles. The molecule has 3 aromatic carbocycles. The van der Waals surface area contributed by atoms with Crippen LogP contribution in [0.3, 0.4) is 0 Å². The Bertz CT molecular complexity index is 970. The standard InChI is InChI=1S/C24H24ClNO2/c1-16-9-10-17(2)21(13-16)18(3)26-24(27)22-14-20(25)11-12-23(22)28-15-19-7-5-4-6-8-19/h4-14,18H,15H2,1-3H3,(H,26,27)/t18-/m1/s1. The van der Waals surface area contributed by atoms with E-state index < -0.39 is 0 Å². The number of aryl methyl sites for hydroxylation is 2. The van der Waals surface area contributed by atoms with Gasteiger partial charge in [-0.1, -0.05) is 65.7 Å². The number of halogens is 1. The maximum Gasteiger partial charge on any atom is 0.255 e. The van der Waals surface area contributed by atoms with Crippen molar-refractivity contribution in [2.45, 2.75) is 33.4 Å². The smallest absolute Gasteiger partial charge is 0.255 e. The zero-order chi connectivity index (χ0) is 20.1. The molecule has 28 heavy (non-hydrogen) atoms. The molecule has 0 bridgehead atoms. The predicted molar refractivity (Wildman–Crippen MR) is 114 cm³/mol. The summed E-state index contributed by atoms with van der Waals surface area (Å²) in [6.07, 6.45) is 0. The number of amides is 1. The fourth-order valence-corrected chi connectivity index (χ4v) is 3.29. The van der Waals surface area contributed by atoms with E-state index in [2.05, 4.69) is 23.5 Å². The van der Waals surface area contributed by atoms with Gasteiger partial charge in [-0.3, -0.25) is 4.79 Å². The normalized spacial score (nSPS) is 11.7. The lowest BCUT2D eigenvalue weighted by Gasteiger charge is -2.19. The van der Waals surface area contributed by atoms with Gasteiger partial charge in [0.15, 0.2) is 0 Å². The van der Waals surface area contributed by atoms with Crippen LogP contribution in [0.5, 0.6) is 5.75 Å². The van der Waals surface area contributed by atoms with Crippen molar-refractivity contribution in [1.82, 2.24) is 5.32 Å². The molecule has 0 aromatic heterocycles. The lowest BCUT2D eigenvalue weighted by atomic mass is 9.99. The maximum atomic E-state index is 13.0. The van der Waals surface area contributed by atoms with Gasteiger partial charge in [0.25, 0.3) is 5.91 Å². The molecule has 0 spiro atoms. The largest absolute Gasteiger partial charge is 0.488 e. The predicted octanol–water partition coefficient (Wildman–Crippen LogP) is 6.03. The molecule has 4 heteroatoms. The van der Waals surface area contributed by atoms with Gasteiger partial charge in [0.1, 0.15) is 12.4 Å². The second-order valence-electron chi connectivity index (χ2n) is 6.97. The van der Waals surface area contributed by atoms with Gasteiger partial charge in [-0.05, 0) is 55.7 Å². The van der Waals surface area contributed by atoms with Crippen LogP contribution in [0.1, 0.15) is 45.6 Å².